The molecule has 98 valence electrons. The van der Waals surface area contributed by atoms with Crippen molar-refractivity contribution in [3.8, 4) is 0 Å². The maximum atomic E-state index is 11.9. The Labute approximate surface area is 112 Å². The topological polar surface area (TPSA) is 68.0 Å². The minimum Gasteiger partial charge on any atom is -0.397 e. The van der Waals surface area contributed by atoms with Gasteiger partial charge in [0.1, 0.15) is 0 Å². The Morgan fingerprint density at radius 1 is 1.26 bits per heavy atom. The SMILES string of the molecule is CC(NC(=O)Cc1ccc(N)cn1)c1ccccc1. The summed E-state index contributed by atoms with van der Waals surface area (Å²) in [6, 6.07) is 13.4. The van der Waals surface area contributed by atoms with Crippen LogP contribution in [0.2, 0.25) is 0 Å². The van der Waals surface area contributed by atoms with Crippen molar-refractivity contribution in [2.75, 3.05) is 5.73 Å². The summed E-state index contributed by atoms with van der Waals surface area (Å²) < 4.78 is 0. The van der Waals surface area contributed by atoms with Gasteiger partial charge in [-0.2, -0.15) is 0 Å². The molecule has 3 N–H and O–H groups in total. The van der Waals surface area contributed by atoms with Gasteiger partial charge in [-0.25, -0.2) is 0 Å². The highest BCUT2D eigenvalue weighted by Crippen LogP contribution is 2.11. The highest BCUT2D eigenvalue weighted by Gasteiger charge is 2.10. The van der Waals surface area contributed by atoms with Crippen LogP contribution >= 0.6 is 0 Å². The summed E-state index contributed by atoms with van der Waals surface area (Å²) in [5, 5.41) is 2.95. The van der Waals surface area contributed by atoms with Gasteiger partial charge >= 0.3 is 0 Å². The molecule has 0 saturated carbocycles. The van der Waals surface area contributed by atoms with Crippen molar-refractivity contribution < 1.29 is 4.79 Å². The van der Waals surface area contributed by atoms with E-state index in [4.69, 9.17) is 5.73 Å². The number of aromatic nitrogens is 1. The van der Waals surface area contributed by atoms with E-state index in [1.807, 2.05) is 37.3 Å². The van der Waals surface area contributed by atoms with Crippen LogP contribution in [0.5, 0.6) is 0 Å². The fraction of sp³-hybridized carbons (Fsp3) is 0.200. The Morgan fingerprint density at radius 2 is 2.00 bits per heavy atom. The average Bonchev–Trinajstić information content (AvgIpc) is 2.42. The zero-order valence-electron chi connectivity index (χ0n) is 10.8. The van der Waals surface area contributed by atoms with Gasteiger partial charge in [0.25, 0.3) is 0 Å². The molecule has 0 spiro atoms. The van der Waals surface area contributed by atoms with Gasteiger partial charge in [0.2, 0.25) is 5.91 Å². The first kappa shape index (κ1) is 13.1. The van der Waals surface area contributed by atoms with Gasteiger partial charge in [-0.1, -0.05) is 30.3 Å². The zero-order chi connectivity index (χ0) is 13.7. The molecule has 1 aromatic heterocycles. The molecule has 0 aliphatic heterocycles. The van der Waals surface area contributed by atoms with E-state index in [-0.39, 0.29) is 18.4 Å². The monoisotopic (exact) mass is 255 g/mol. The maximum absolute atomic E-state index is 11.9. The van der Waals surface area contributed by atoms with Crippen LogP contribution in [0.25, 0.3) is 0 Å². The van der Waals surface area contributed by atoms with Crippen LogP contribution in [0.4, 0.5) is 5.69 Å². The third-order valence-electron chi connectivity index (χ3n) is 2.87. The molecule has 0 aliphatic rings. The second-order valence-electron chi connectivity index (χ2n) is 4.46. The molecule has 2 aromatic rings. The lowest BCUT2D eigenvalue weighted by Gasteiger charge is -2.14. The highest BCUT2D eigenvalue weighted by atomic mass is 16.1. The van der Waals surface area contributed by atoms with Crippen molar-refractivity contribution in [1.29, 1.82) is 0 Å². The molecule has 4 nitrogen and oxygen atoms in total. The molecular formula is C15H17N3O. The first-order chi connectivity index (χ1) is 9.15. The van der Waals surface area contributed by atoms with E-state index < -0.39 is 0 Å². The zero-order valence-corrected chi connectivity index (χ0v) is 10.8. The number of rotatable bonds is 4. The smallest absolute Gasteiger partial charge is 0.226 e. The molecule has 0 radical (unpaired) electrons. The fourth-order valence-electron chi connectivity index (χ4n) is 1.82. The number of benzene rings is 1. The molecule has 0 saturated heterocycles. The minimum absolute atomic E-state index is 0.0116. The molecule has 1 atom stereocenters. The molecular weight excluding hydrogens is 238 g/mol. The average molecular weight is 255 g/mol. The highest BCUT2D eigenvalue weighted by molar-refractivity contribution is 5.78. The van der Waals surface area contributed by atoms with E-state index in [2.05, 4.69) is 10.3 Å². The van der Waals surface area contributed by atoms with Gasteiger partial charge in [-0.3, -0.25) is 9.78 Å². The molecule has 1 aromatic carbocycles. The molecule has 0 fully saturated rings. The van der Waals surface area contributed by atoms with Crippen LogP contribution in [-0.2, 0) is 11.2 Å². The Kier molecular flexibility index (Phi) is 4.13. The maximum Gasteiger partial charge on any atom is 0.226 e. The van der Waals surface area contributed by atoms with E-state index in [1.165, 1.54) is 0 Å². The summed E-state index contributed by atoms with van der Waals surface area (Å²) in [5.41, 5.74) is 7.95. The van der Waals surface area contributed by atoms with E-state index in [1.54, 1.807) is 18.3 Å². The summed E-state index contributed by atoms with van der Waals surface area (Å²) in [6.45, 7) is 1.96. The van der Waals surface area contributed by atoms with Crippen molar-refractivity contribution in [2.24, 2.45) is 0 Å². The Morgan fingerprint density at radius 3 is 2.63 bits per heavy atom. The van der Waals surface area contributed by atoms with Gasteiger partial charge in [0, 0.05) is 5.69 Å². The number of carbonyl (C=O) groups is 1. The van der Waals surface area contributed by atoms with E-state index in [9.17, 15) is 4.79 Å². The first-order valence-corrected chi connectivity index (χ1v) is 6.20. The summed E-state index contributed by atoms with van der Waals surface area (Å²) in [6.07, 6.45) is 1.82. The lowest BCUT2D eigenvalue weighted by molar-refractivity contribution is -0.121. The predicted molar refractivity (Wildman–Crippen MR) is 75.4 cm³/mol. The standard InChI is InChI=1S/C15H17N3O/c1-11(12-5-3-2-4-6-12)18-15(19)9-14-8-7-13(16)10-17-14/h2-8,10-11H,9,16H2,1H3,(H,18,19). The number of nitrogens with zero attached hydrogens (tertiary/aromatic N) is 1. The summed E-state index contributed by atoms with van der Waals surface area (Å²) in [4.78, 5) is 16.0. The Bertz CT molecular complexity index is 537. The van der Waals surface area contributed by atoms with Gasteiger partial charge in [0.15, 0.2) is 0 Å². The number of nitrogens with two attached hydrogens (primary N) is 1. The normalized spacial score (nSPS) is 11.8. The van der Waals surface area contributed by atoms with Crippen molar-refractivity contribution in [2.45, 2.75) is 19.4 Å². The summed E-state index contributed by atoms with van der Waals surface area (Å²) >= 11 is 0. The number of amides is 1. The van der Waals surface area contributed by atoms with Crippen LogP contribution in [0.3, 0.4) is 0 Å². The van der Waals surface area contributed by atoms with Crippen LogP contribution in [-0.4, -0.2) is 10.9 Å². The third-order valence-corrected chi connectivity index (χ3v) is 2.87. The Hall–Kier alpha value is -2.36. The number of anilines is 1. The lowest BCUT2D eigenvalue weighted by Crippen LogP contribution is -2.28. The number of hydrogen-bond acceptors (Lipinski definition) is 3. The number of hydrogen-bond donors (Lipinski definition) is 2. The van der Waals surface area contributed by atoms with Crippen molar-refractivity contribution >= 4 is 11.6 Å². The van der Waals surface area contributed by atoms with Crippen LogP contribution in [0, 0.1) is 0 Å². The van der Waals surface area contributed by atoms with Crippen molar-refractivity contribution in [3.05, 3.63) is 59.9 Å². The second kappa shape index (κ2) is 6.00. The van der Waals surface area contributed by atoms with E-state index >= 15 is 0 Å². The molecule has 1 unspecified atom stereocenters. The first-order valence-electron chi connectivity index (χ1n) is 6.20. The van der Waals surface area contributed by atoms with E-state index in [0.29, 0.717) is 11.4 Å². The minimum atomic E-state index is -0.0476. The van der Waals surface area contributed by atoms with Gasteiger partial charge < -0.3 is 11.1 Å². The predicted octanol–water partition coefficient (Wildman–Crippen LogP) is 2.08. The number of nitrogen functional groups attached to an aromatic ring is 1. The lowest BCUT2D eigenvalue weighted by atomic mass is 10.1. The van der Waals surface area contributed by atoms with Crippen LogP contribution < -0.4 is 11.1 Å². The summed E-state index contributed by atoms with van der Waals surface area (Å²) in [5.74, 6) is -0.0476. The molecule has 19 heavy (non-hydrogen) atoms. The van der Waals surface area contributed by atoms with E-state index in [0.717, 1.165) is 5.56 Å². The number of pyridine rings is 1. The molecule has 4 heteroatoms. The quantitative estimate of drug-likeness (QED) is 0.879. The van der Waals surface area contributed by atoms with Gasteiger partial charge in [-0.05, 0) is 24.6 Å². The molecule has 2 rings (SSSR count). The molecule has 1 amide bonds. The van der Waals surface area contributed by atoms with Gasteiger partial charge in [-0.15, -0.1) is 0 Å². The fourth-order valence-corrected chi connectivity index (χ4v) is 1.82. The number of nitrogens with one attached hydrogen (secondary N) is 1. The van der Waals surface area contributed by atoms with Crippen molar-refractivity contribution in [1.82, 2.24) is 10.3 Å². The summed E-state index contributed by atoms with van der Waals surface area (Å²) in [7, 11) is 0. The van der Waals surface area contributed by atoms with Gasteiger partial charge in [0.05, 0.1) is 24.3 Å². The van der Waals surface area contributed by atoms with Crippen LogP contribution in [0.1, 0.15) is 24.2 Å². The largest absolute Gasteiger partial charge is 0.397 e. The number of carbonyl (C=O) groups excluding carboxylic acids is 1. The second-order valence-corrected chi connectivity index (χ2v) is 4.46. The van der Waals surface area contributed by atoms with Crippen LogP contribution in [0.15, 0.2) is 48.7 Å². The molecule has 0 bridgehead atoms. The van der Waals surface area contributed by atoms with Crippen molar-refractivity contribution in [3.63, 3.8) is 0 Å². The molecule has 1 heterocycles. The third kappa shape index (κ3) is 3.81. The Balaban J connectivity index is 1.93. The molecule has 0 aliphatic carbocycles.